The molecule has 0 atom stereocenters. The topological polar surface area (TPSA) is 41.6 Å². The highest BCUT2D eigenvalue weighted by Gasteiger charge is 2.24. The first-order valence-corrected chi connectivity index (χ1v) is 9.54. The van der Waals surface area contributed by atoms with E-state index in [1.165, 1.54) is 17.7 Å². The number of aryl methyl sites for hydroxylation is 1. The van der Waals surface area contributed by atoms with Gasteiger partial charge in [0.2, 0.25) is 5.91 Å². The summed E-state index contributed by atoms with van der Waals surface area (Å²) in [6, 6.07) is 14.5. The first kappa shape index (κ1) is 19.4. The van der Waals surface area contributed by atoms with Crippen LogP contribution in [0.5, 0.6) is 5.75 Å². The number of likely N-dealkylation sites (tertiary alicyclic amines) is 1. The molecule has 0 aliphatic carbocycles. The van der Waals surface area contributed by atoms with Crippen LogP contribution in [0.1, 0.15) is 24.0 Å². The van der Waals surface area contributed by atoms with Crippen LogP contribution in [0.4, 0.5) is 4.39 Å². The molecule has 1 heterocycles. The van der Waals surface area contributed by atoms with Crippen molar-refractivity contribution in [3.05, 3.63) is 65.5 Å². The molecule has 0 bridgehead atoms. The minimum atomic E-state index is -0.208. The molecule has 1 saturated heterocycles. The maximum atomic E-state index is 13.0. The van der Waals surface area contributed by atoms with E-state index in [2.05, 4.69) is 10.2 Å². The van der Waals surface area contributed by atoms with E-state index in [1.807, 2.05) is 43.3 Å². The molecule has 0 unspecified atom stereocenters. The Kier molecular flexibility index (Phi) is 6.82. The molecule has 1 aliphatic heterocycles. The molecule has 0 aromatic heterocycles. The van der Waals surface area contributed by atoms with Crippen LogP contribution in [-0.4, -0.2) is 37.0 Å². The van der Waals surface area contributed by atoms with Crippen LogP contribution in [0.2, 0.25) is 0 Å². The van der Waals surface area contributed by atoms with Gasteiger partial charge in [0.15, 0.2) is 0 Å². The van der Waals surface area contributed by atoms with Crippen LogP contribution in [-0.2, 0) is 11.3 Å². The quantitative estimate of drug-likeness (QED) is 0.758. The normalized spacial score (nSPS) is 15.5. The molecule has 0 radical (unpaired) electrons. The van der Waals surface area contributed by atoms with Crippen molar-refractivity contribution in [3.8, 4) is 5.75 Å². The second kappa shape index (κ2) is 9.51. The van der Waals surface area contributed by atoms with E-state index in [0.29, 0.717) is 13.2 Å². The molecule has 0 spiro atoms. The summed E-state index contributed by atoms with van der Waals surface area (Å²) in [6.07, 6.45) is 1.71. The van der Waals surface area contributed by atoms with E-state index >= 15 is 0 Å². The lowest BCUT2D eigenvalue weighted by atomic mass is 9.95. The van der Waals surface area contributed by atoms with E-state index in [-0.39, 0.29) is 17.6 Å². The number of hydrogen-bond donors (Lipinski definition) is 1. The van der Waals surface area contributed by atoms with Gasteiger partial charge >= 0.3 is 0 Å². The van der Waals surface area contributed by atoms with Crippen LogP contribution < -0.4 is 10.1 Å². The monoisotopic (exact) mass is 370 g/mol. The third kappa shape index (κ3) is 6.07. The van der Waals surface area contributed by atoms with Crippen LogP contribution in [0.15, 0.2) is 48.5 Å². The summed E-state index contributed by atoms with van der Waals surface area (Å²) in [5.41, 5.74) is 2.30. The SMILES string of the molecule is Cc1ccc(OCCNC(=O)C2CCN(Cc3ccc(F)cc3)CC2)cc1. The molecular weight excluding hydrogens is 343 g/mol. The second-order valence-corrected chi connectivity index (χ2v) is 7.13. The van der Waals surface area contributed by atoms with E-state index in [1.54, 1.807) is 0 Å². The minimum Gasteiger partial charge on any atom is -0.492 e. The summed E-state index contributed by atoms with van der Waals surface area (Å²) in [5, 5.41) is 2.98. The summed E-state index contributed by atoms with van der Waals surface area (Å²) in [4.78, 5) is 14.6. The number of benzene rings is 2. The van der Waals surface area contributed by atoms with E-state index < -0.39 is 0 Å². The fraction of sp³-hybridized carbons (Fsp3) is 0.409. The second-order valence-electron chi connectivity index (χ2n) is 7.13. The number of nitrogens with one attached hydrogen (secondary N) is 1. The van der Waals surface area contributed by atoms with Crippen LogP contribution in [0, 0.1) is 18.7 Å². The van der Waals surface area contributed by atoms with Crippen molar-refractivity contribution >= 4 is 5.91 Å². The highest BCUT2D eigenvalue weighted by Crippen LogP contribution is 2.19. The number of carbonyl (C=O) groups excluding carboxylic acids is 1. The van der Waals surface area contributed by atoms with Gasteiger partial charge in [0, 0.05) is 12.5 Å². The van der Waals surface area contributed by atoms with Gasteiger partial charge in [-0.05, 0) is 62.7 Å². The predicted molar refractivity (Wildman–Crippen MR) is 104 cm³/mol. The number of carbonyl (C=O) groups is 1. The molecule has 1 amide bonds. The molecule has 27 heavy (non-hydrogen) atoms. The first-order valence-electron chi connectivity index (χ1n) is 9.54. The van der Waals surface area contributed by atoms with Gasteiger partial charge in [-0.1, -0.05) is 29.8 Å². The van der Waals surface area contributed by atoms with Gasteiger partial charge in [-0.25, -0.2) is 4.39 Å². The van der Waals surface area contributed by atoms with Crippen molar-refractivity contribution in [2.75, 3.05) is 26.2 Å². The maximum Gasteiger partial charge on any atom is 0.223 e. The number of amides is 1. The summed E-state index contributed by atoms with van der Waals surface area (Å²) in [5.74, 6) is 0.794. The molecule has 1 N–H and O–H groups in total. The van der Waals surface area contributed by atoms with Crippen LogP contribution in [0.3, 0.4) is 0 Å². The Balaban J connectivity index is 1.33. The van der Waals surface area contributed by atoms with Crippen molar-refractivity contribution in [2.24, 2.45) is 5.92 Å². The lowest BCUT2D eigenvalue weighted by molar-refractivity contribution is -0.126. The van der Waals surface area contributed by atoms with Gasteiger partial charge in [0.1, 0.15) is 18.2 Å². The van der Waals surface area contributed by atoms with Crippen molar-refractivity contribution in [1.29, 1.82) is 0 Å². The highest BCUT2D eigenvalue weighted by molar-refractivity contribution is 5.78. The summed E-state index contributed by atoms with van der Waals surface area (Å²) >= 11 is 0. The van der Waals surface area contributed by atoms with Crippen molar-refractivity contribution < 1.29 is 13.9 Å². The number of hydrogen-bond acceptors (Lipinski definition) is 3. The van der Waals surface area contributed by atoms with E-state index in [9.17, 15) is 9.18 Å². The van der Waals surface area contributed by atoms with Gasteiger partial charge in [0.25, 0.3) is 0 Å². The van der Waals surface area contributed by atoms with Gasteiger partial charge in [0.05, 0.1) is 6.54 Å². The summed E-state index contributed by atoms with van der Waals surface area (Å²) in [6.45, 7) is 5.60. The Bertz CT molecular complexity index is 723. The third-order valence-corrected chi connectivity index (χ3v) is 4.97. The lowest BCUT2D eigenvalue weighted by Gasteiger charge is -2.31. The summed E-state index contributed by atoms with van der Waals surface area (Å²) in [7, 11) is 0. The summed E-state index contributed by atoms with van der Waals surface area (Å²) < 4.78 is 18.6. The molecule has 5 heteroatoms. The molecule has 3 rings (SSSR count). The number of ether oxygens (including phenoxy) is 1. The van der Waals surface area contributed by atoms with E-state index in [4.69, 9.17) is 4.74 Å². The van der Waals surface area contributed by atoms with Crippen LogP contribution in [0.25, 0.3) is 0 Å². The molecule has 2 aromatic carbocycles. The Labute approximate surface area is 160 Å². The molecule has 4 nitrogen and oxygen atoms in total. The average molecular weight is 370 g/mol. The largest absolute Gasteiger partial charge is 0.492 e. The zero-order valence-electron chi connectivity index (χ0n) is 15.8. The Hall–Kier alpha value is -2.40. The number of rotatable bonds is 7. The fourth-order valence-corrected chi connectivity index (χ4v) is 3.32. The Morgan fingerprint density at radius 2 is 1.78 bits per heavy atom. The minimum absolute atomic E-state index is 0.0637. The molecule has 144 valence electrons. The Morgan fingerprint density at radius 1 is 1.11 bits per heavy atom. The Morgan fingerprint density at radius 3 is 2.44 bits per heavy atom. The van der Waals surface area contributed by atoms with Gasteiger partial charge in [-0.3, -0.25) is 9.69 Å². The lowest BCUT2D eigenvalue weighted by Crippen LogP contribution is -2.41. The smallest absolute Gasteiger partial charge is 0.223 e. The third-order valence-electron chi connectivity index (χ3n) is 4.97. The molecule has 1 fully saturated rings. The van der Waals surface area contributed by atoms with Crippen molar-refractivity contribution in [1.82, 2.24) is 10.2 Å². The average Bonchev–Trinajstić information content (AvgIpc) is 2.69. The van der Waals surface area contributed by atoms with Gasteiger partial charge in [-0.15, -0.1) is 0 Å². The zero-order valence-corrected chi connectivity index (χ0v) is 15.8. The molecular formula is C22H27FN2O2. The van der Waals surface area contributed by atoms with E-state index in [0.717, 1.165) is 43.8 Å². The molecule has 2 aromatic rings. The zero-order chi connectivity index (χ0) is 19.1. The van der Waals surface area contributed by atoms with Gasteiger partial charge < -0.3 is 10.1 Å². The van der Waals surface area contributed by atoms with Gasteiger partial charge in [-0.2, -0.15) is 0 Å². The van der Waals surface area contributed by atoms with Crippen LogP contribution >= 0.6 is 0 Å². The number of nitrogens with zero attached hydrogens (tertiary/aromatic N) is 1. The standard InChI is InChI=1S/C22H27FN2O2/c1-17-2-8-21(9-3-17)27-15-12-24-22(26)19-10-13-25(14-11-19)16-18-4-6-20(23)7-5-18/h2-9,19H,10-16H2,1H3,(H,24,26). The maximum absolute atomic E-state index is 13.0. The van der Waals surface area contributed by atoms with Crippen molar-refractivity contribution in [3.63, 3.8) is 0 Å². The first-order chi connectivity index (χ1) is 13.1. The highest BCUT2D eigenvalue weighted by atomic mass is 19.1. The molecule has 0 saturated carbocycles. The van der Waals surface area contributed by atoms with Crippen molar-refractivity contribution in [2.45, 2.75) is 26.3 Å². The number of piperidine rings is 1. The number of halogens is 1. The predicted octanol–water partition coefficient (Wildman–Crippen LogP) is 3.54. The fourth-order valence-electron chi connectivity index (χ4n) is 3.32. The molecule has 1 aliphatic rings.